The lowest BCUT2D eigenvalue weighted by atomic mass is 10.1. The number of ether oxygens (including phenoxy) is 4. The zero-order valence-electron chi connectivity index (χ0n) is 17.8. The minimum atomic E-state index is -5.23. The number of thiophene rings is 1. The molecule has 1 heterocycles. The van der Waals surface area contributed by atoms with Crippen molar-refractivity contribution in [2.75, 3.05) is 0 Å². The molecule has 1 aromatic heterocycles. The predicted molar refractivity (Wildman–Crippen MR) is 114 cm³/mol. The molecule has 0 saturated carbocycles. The van der Waals surface area contributed by atoms with E-state index in [4.69, 9.17) is 9.47 Å². The van der Waals surface area contributed by atoms with Crippen molar-refractivity contribution >= 4 is 43.4 Å². The van der Waals surface area contributed by atoms with Gasteiger partial charge in [0, 0.05) is 21.9 Å². The lowest BCUT2D eigenvalue weighted by Crippen LogP contribution is -2.18. The second-order valence-corrected chi connectivity index (χ2v) is 8.10. The fourth-order valence-electron chi connectivity index (χ4n) is 2.78. The summed E-state index contributed by atoms with van der Waals surface area (Å²) >= 11 is 0.418. The fourth-order valence-corrected chi connectivity index (χ4v) is 4.03. The van der Waals surface area contributed by atoms with Gasteiger partial charge in [0.2, 0.25) is 0 Å². The zero-order chi connectivity index (χ0) is 26.3. The molecule has 0 atom stereocenters. The van der Waals surface area contributed by atoms with Gasteiger partial charge in [-0.3, -0.25) is 0 Å². The monoisotopic (exact) mass is 520 g/mol. The van der Waals surface area contributed by atoms with Gasteiger partial charge in [0.25, 0.3) is 0 Å². The van der Waals surface area contributed by atoms with Crippen LogP contribution in [0.4, 0.5) is 26.3 Å². The van der Waals surface area contributed by atoms with Crippen LogP contribution in [-0.2, 0) is 9.59 Å². The predicted octanol–water partition coefficient (Wildman–Crippen LogP) is 6.81. The summed E-state index contributed by atoms with van der Waals surface area (Å²) < 4.78 is 96.4. The highest BCUT2D eigenvalue weighted by atomic mass is 32.1. The van der Waals surface area contributed by atoms with Crippen LogP contribution in [0.5, 0.6) is 23.0 Å². The summed E-state index contributed by atoms with van der Waals surface area (Å²) in [6.07, 6.45) is -10.5. The summed E-state index contributed by atoms with van der Waals surface area (Å²) in [7, 11) is 0. The molecular weight excluding hydrogens is 506 g/mol. The molecule has 0 N–H and O–H groups in total. The van der Waals surface area contributed by atoms with Crippen LogP contribution in [0.25, 0.3) is 20.2 Å². The number of halogens is 6. The maximum absolute atomic E-state index is 13.2. The van der Waals surface area contributed by atoms with Gasteiger partial charge in [-0.05, 0) is 38.1 Å². The molecule has 0 radical (unpaired) electrons. The zero-order valence-corrected chi connectivity index (χ0v) is 18.7. The van der Waals surface area contributed by atoms with Gasteiger partial charge in [-0.25, -0.2) is 9.59 Å². The highest BCUT2D eigenvalue weighted by molar-refractivity contribution is 7.26. The van der Waals surface area contributed by atoms with E-state index in [0.717, 1.165) is 12.1 Å². The standard InChI is InChI=1S/C22H14F6O6S/c1-9(2)19(29)31-13-7-5-11-12-6-8-14(32-20(30)10(3)4)16(34-22(26,27)28)18(12)35-17(11)15(13)33-21(23,24)25/h5-8H,1,3H2,2,4H3. The summed E-state index contributed by atoms with van der Waals surface area (Å²) in [5, 5.41) is 0.0633. The second-order valence-electron chi connectivity index (χ2n) is 7.08. The minimum absolute atomic E-state index is 0.0316. The summed E-state index contributed by atoms with van der Waals surface area (Å²) in [5.74, 6) is -5.28. The third kappa shape index (κ3) is 5.85. The number of hydrogen-bond donors (Lipinski definition) is 0. The van der Waals surface area contributed by atoms with Crippen LogP contribution in [0, 0.1) is 0 Å². The fraction of sp³-hybridized carbons (Fsp3) is 0.182. The van der Waals surface area contributed by atoms with Crippen molar-refractivity contribution in [2.24, 2.45) is 0 Å². The Hall–Kier alpha value is -3.74. The van der Waals surface area contributed by atoms with Gasteiger partial charge in [0.05, 0.1) is 9.40 Å². The van der Waals surface area contributed by atoms with Gasteiger partial charge in [0.1, 0.15) is 0 Å². The van der Waals surface area contributed by atoms with Crippen LogP contribution in [0.3, 0.4) is 0 Å². The number of carbonyl (C=O) groups is 2. The van der Waals surface area contributed by atoms with Gasteiger partial charge in [-0.2, -0.15) is 0 Å². The first-order valence-electron chi connectivity index (χ1n) is 9.36. The first kappa shape index (κ1) is 25.9. The van der Waals surface area contributed by atoms with Crippen LogP contribution in [0.2, 0.25) is 0 Å². The molecule has 13 heteroatoms. The van der Waals surface area contributed by atoms with Crippen molar-refractivity contribution < 1.29 is 54.9 Å². The topological polar surface area (TPSA) is 71.1 Å². The number of fused-ring (bicyclic) bond motifs is 3. The smallest absolute Gasteiger partial charge is 0.419 e. The lowest BCUT2D eigenvalue weighted by Gasteiger charge is -2.14. The van der Waals surface area contributed by atoms with Gasteiger partial charge >= 0.3 is 24.7 Å². The Labute approximate surface area is 196 Å². The summed E-state index contributed by atoms with van der Waals surface area (Å²) in [5.41, 5.74) is -0.242. The van der Waals surface area contributed by atoms with E-state index >= 15 is 0 Å². The van der Waals surface area contributed by atoms with Crippen molar-refractivity contribution in [3.63, 3.8) is 0 Å². The van der Waals surface area contributed by atoms with Crippen molar-refractivity contribution in [1.29, 1.82) is 0 Å². The van der Waals surface area contributed by atoms with Crippen molar-refractivity contribution in [1.82, 2.24) is 0 Å². The molecule has 186 valence electrons. The number of alkyl halides is 6. The molecule has 0 saturated heterocycles. The van der Waals surface area contributed by atoms with E-state index in [9.17, 15) is 35.9 Å². The summed E-state index contributed by atoms with van der Waals surface area (Å²) in [6.45, 7) is 9.20. The Kier molecular flexibility index (Phi) is 6.75. The largest absolute Gasteiger partial charge is 0.573 e. The quantitative estimate of drug-likeness (QED) is 0.154. The molecule has 35 heavy (non-hydrogen) atoms. The van der Waals surface area contributed by atoms with E-state index in [2.05, 4.69) is 22.6 Å². The average Bonchev–Trinajstić information content (AvgIpc) is 3.08. The molecule has 0 amide bonds. The molecule has 0 aliphatic rings. The van der Waals surface area contributed by atoms with E-state index in [1.54, 1.807) is 0 Å². The summed E-state index contributed by atoms with van der Waals surface area (Å²) in [6, 6.07) is 4.45. The third-order valence-electron chi connectivity index (χ3n) is 4.18. The van der Waals surface area contributed by atoms with E-state index in [1.165, 1.54) is 26.0 Å². The Morgan fingerprint density at radius 2 is 1.06 bits per heavy atom. The van der Waals surface area contributed by atoms with Crippen LogP contribution in [-0.4, -0.2) is 24.7 Å². The minimum Gasteiger partial charge on any atom is -0.419 e. The molecule has 6 nitrogen and oxygen atoms in total. The molecule has 2 aromatic carbocycles. The molecule has 3 rings (SSSR count). The molecule has 0 spiro atoms. The van der Waals surface area contributed by atoms with Crippen LogP contribution in [0.15, 0.2) is 48.6 Å². The number of rotatable bonds is 6. The highest BCUT2D eigenvalue weighted by Crippen LogP contribution is 2.51. The molecule has 0 fully saturated rings. The van der Waals surface area contributed by atoms with Gasteiger partial charge in [0.15, 0.2) is 23.0 Å². The third-order valence-corrected chi connectivity index (χ3v) is 5.40. The van der Waals surface area contributed by atoms with E-state index in [0.29, 0.717) is 11.3 Å². The number of benzene rings is 2. The Morgan fingerprint density at radius 1 is 0.714 bits per heavy atom. The highest BCUT2D eigenvalue weighted by Gasteiger charge is 2.37. The van der Waals surface area contributed by atoms with Gasteiger partial charge in [-0.1, -0.05) is 13.2 Å². The average molecular weight is 520 g/mol. The SMILES string of the molecule is C=C(C)C(=O)Oc1ccc2c(sc3c(OC(F)(F)F)c(OC(=O)C(=C)C)ccc32)c1OC(F)(F)F. The molecule has 0 bridgehead atoms. The Morgan fingerprint density at radius 3 is 1.34 bits per heavy atom. The van der Waals surface area contributed by atoms with Crippen molar-refractivity contribution in [3.05, 3.63) is 48.6 Å². The van der Waals surface area contributed by atoms with Crippen molar-refractivity contribution in [2.45, 2.75) is 26.6 Å². The van der Waals surface area contributed by atoms with E-state index in [1.807, 2.05) is 0 Å². The summed E-state index contributed by atoms with van der Waals surface area (Å²) in [4.78, 5) is 23.8. The first-order chi connectivity index (χ1) is 16.1. The number of carbonyl (C=O) groups excluding carboxylic acids is 2. The molecule has 3 aromatic rings. The van der Waals surface area contributed by atoms with Crippen LogP contribution in [0.1, 0.15) is 13.8 Å². The normalized spacial score (nSPS) is 11.9. The maximum Gasteiger partial charge on any atom is 0.573 e. The van der Waals surface area contributed by atoms with Crippen LogP contribution < -0.4 is 18.9 Å². The van der Waals surface area contributed by atoms with Gasteiger partial charge < -0.3 is 18.9 Å². The maximum atomic E-state index is 13.2. The molecule has 0 aliphatic heterocycles. The lowest BCUT2D eigenvalue weighted by molar-refractivity contribution is -0.275. The number of hydrogen-bond acceptors (Lipinski definition) is 7. The van der Waals surface area contributed by atoms with E-state index < -0.39 is 47.7 Å². The second kappa shape index (κ2) is 9.13. The van der Waals surface area contributed by atoms with E-state index in [-0.39, 0.29) is 31.3 Å². The Balaban J connectivity index is 2.33. The van der Waals surface area contributed by atoms with Crippen molar-refractivity contribution in [3.8, 4) is 23.0 Å². The number of esters is 2. The van der Waals surface area contributed by atoms with Gasteiger partial charge in [-0.15, -0.1) is 37.7 Å². The molecular formula is C22H14F6O6S. The first-order valence-corrected chi connectivity index (χ1v) is 10.2. The Bertz CT molecular complexity index is 1270. The van der Waals surface area contributed by atoms with Crippen LogP contribution >= 0.6 is 11.3 Å². The molecule has 0 unspecified atom stereocenters. The molecule has 0 aliphatic carbocycles.